The third-order valence-electron chi connectivity index (χ3n) is 3.49. The van der Waals surface area contributed by atoms with E-state index in [1.54, 1.807) is 21.3 Å². The molecule has 0 atom stereocenters. The van der Waals surface area contributed by atoms with Crippen molar-refractivity contribution in [1.82, 2.24) is 5.32 Å². The fourth-order valence-corrected chi connectivity index (χ4v) is 2.35. The molecular formula is C18H23NO3. The van der Waals surface area contributed by atoms with E-state index in [1.165, 1.54) is 5.56 Å². The highest BCUT2D eigenvalue weighted by molar-refractivity contribution is 5.71. The molecule has 0 aliphatic carbocycles. The van der Waals surface area contributed by atoms with Crippen LogP contribution in [0.25, 0.3) is 11.1 Å². The molecule has 2 rings (SSSR count). The van der Waals surface area contributed by atoms with Gasteiger partial charge in [-0.05, 0) is 28.8 Å². The van der Waals surface area contributed by atoms with Crippen LogP contribution >= 0.6 is 0 Å². The van der Waals surface area contributed by atoms with Gasteiger partial charge in [-0.3, -0.25) is 0 Å². The van der Waals surface area contributed by atoms with Crippen LogP contribution in [0.2, 0.25) is 0 Å². The molecule has 0 bridgehead atoms. The van der Waals surface area contributed by atoms with Gasteiger partial charge in [0, 0.05) is 20.2 Å². The van der Waals surface area contributed by atoms with Crippen molar-refractivity contribution in [3.05, 3.63) is 48.0 Å². The van der Waals surface area contributed by atoms with E-state index in [0.29, 0.717) is 6.61 Å². The number of benzene rings is 2. The lowest BCUT2D eigenvalue weighted by molar-refractivity contribution is 0.199. The highest BCUT2D eigenvalue weighted by Gasteiger charge is 2.12. The molecule has 0 saturated heterocycles. The molecule has 0 radical (unpaired) electrons. The maximum Gasteiger partial charge on any atom is 0.161 e. The minimum absolute atomic E-state index is 0.688. The summed E-state index contributed by atoms with van der Waals surface area (Å²) in [6.45, 7) is 2.24. The van der Waals surface area contributed by atoms with Crippen molar-refractivity contribution < 1.29 is 14.2 Å². The molecule has 1 N–H and O–H groups in total. The van der Waals surface area contributed by atoms with Gasteiger partial charge >= 0.3 is 0 Å². The van der Waals surface area contributed by atoms with Gasteiger partial charge in [0.05, 0.1) is 20.8 Å². The van der Waals surface area contributed by atoms with Crippen LogP contribution < -0.4 is 14.8 Å². The molecule has 0 amide bonds. The zero-order valence-electron chi connectivity index (χ0n) is 13.4. The van der Waals surface area contributed by atoms with Crippen molar-refractivity contribution in [2.24, 2.45) is 0 Å². The van der Waals surface area contributed by atoms with Gasteiger partial charge in [-0.25, -0.2) is 0 Å². The monoisotopic (exact) mass is 301 g/mol. The second-order valence-corrected chi connectivity index (χ2v) is 4.90. The van der Waals surface area contributed by atoms with Crippen molar-refractivity contribution in [3.63, 3.8) is 0 Å². The number of ether oxygens (including phenoxy) is 3. The van der Waals surface area contributed by atoms with Crippen LogP contribution in [0.5, 0.6) is 11.5 Å². The number of nitrogens with one attached hydrogen (secondary N) is 1. The van der Waals surface area contributed by atoms with Crippen LogP contribution in [-0.4, -0.2) is 34.5 Å². The van der Waals surface area contributed by atoms with Crippen LogP contribution in [0.1, 0.15) is 5.56 Å². The lowest BCUT2D eigenvalue weighted by Crippen LogP contribution is -2.19. The second-order valence-electron chi connectivity index (χ2n) is 4.90. The highest BCUT2D eigenvalue weighted by Crippen LogP contribution is 2.35. The Bertz CT molecular complexity index is 584. The van der Waals surface area contributed by atoms with Crippen LogP contribution in [-0.2, 0) is 11.3 Å². The highest BCUT2D eigenvalue weighted by atomic mass is 16.5. The molecule has 4 nitrogen and oxygen atoms in total. The standard InChI is InChI=1S/C18H23NO3/c1-20-10-9-19-13-15-11-17(21-2)18(22-3)12-16(15)14-7-5-4-6-8-14/h4-8,11-12,19H,9-10,13H2,1-3H3. The summed E-state index contributed by atoms with van der Waals surface area (Å²) < 4.78 is 15.9. The first-order valence-corrected chi connectivity index (χ1v) is 7.30. The van der Waals surface area contributed by atoms with E-state index in [2.05, 4.69) is 17.4 Å². The molecule has 0 aliphatic heterocycles. The van der Waals surface area contributed by atoms with E-state index in [1.807, 2.05) is 30.3 Å². The molecule has 22 heavy (non-hydrogen) atoms. The average molecular weight is 301 g/mol. The summed E-state index contributed by atoms with van der Waals surface area (Å²) in [5.41, 5.74) is 3.47. The topological polar surface area (TPSA) is 39.7 Å². The van der Waals surface area contributed by atoms with E-state index in [9.17, 15) is 0 Å². The molecular weight excluding hydrogens is 278 g/mol. The zero-order valence-corrected chi connectivity index (χ0v) is 13.4. The number of rotatable bonds is 8. The Labute approximate surface area is 132 Å². The van der Waals surface area contributed by atoms with Crippen LogP contribution in [0, 0.1) is 0 Å². The van der Waals surface area contributed by atoms with E-state index in [4.69, 9.17) is 14.2 Å². The Morgan fingerprint density at radius 3 is 2.23 bits per heavy atom. The molecule has 0 fully saturated rings. The molecule has 0 saturated carbocycles. The minimum atomic E-state index is 0.688. The fourth-order valence-electron chi connectivity index (χ4n) is 2.35. The molecule has 0 heterocycles. The number of hydrogen-bond acceptors (Lipinski definition) is 4. The molecule has 2 aromatic rings. The predicted octanol–water partition coefficient (Wildman–Crippen LogP) is 3.11. The Morgan fingerprint density at radius 1 is 0.909 bits per heavy atom. The third-order valence-corrected chi connectivity index (χ3v) is 3.49. The maximum absolute atomic E-state index is 5.43. The maximum atomic E-state index is 5.43. The summed E-state index contributed by atoms with van der Waals surface area (Å²) in [7, 11) is 5.01. The molecule has 118 valence electrons. The lowest BCUT2D eigenvalue weighted by Gasteiger charge is -2.16. The molecule has 2 aromatic carbocycles. The van der Waals surface area contributed by atoms with E-state index >= 15 is 0 Å². The van der Waals surface area contributed by atoms with E-state index in [-0.39, 0.29) is 0 Å². The SMILES string of the molecule is COCCNCc1cc(OC)c(OC)cc1-c1ccccc1. The van der Waals surface area contributed by atoms with Gasteiger partial charge in [0.2, 0.25) is 0 Å². The normalized spacial score (nSPS) is 10.5. The Hall–Kier alpha value is -2.04. The van der Waals surface area contributed by atoms with Gasteiger partial charge < -0.3 is 19.5 Å². The van der Waals surface area contributed by atoms with Crippen LogP contribution in [0.15, 0.2) is 42.5 Å². The molecule has 0 aromatic heterocycles. The fraction of sp³-hybridized carbons (Fsp3) is 0.333. The van der Waals surface area contributed by atoms with E-state index < -0.39 is 0 Å². The zero-order chi connectivity index (χ0) is 15.8. The first kappa shape index (κ1) is 16.3. The molecule has 0 spiro atoms. The van der Waals surface area contributed by atoms with E-state index in [0.717, 1.165) is 35.7 Å². The van der Waals surface area contributed by atoms with Crippen molar-refractivity contribution in [3.8, 4) is 22.6 Å². The Balaban J connectivity index is 2.35. The summed E-state index contributed by atoms with van der Waals surface area (Å²) in [5.74, 6) is 1.48. The summed E-state index contributed by atoms with van der Waals surface area (Å²) >= 11 is 0. The second kappa shape index (κ2) is 8.41. The summed E-state index contributed by atoms with van der Waals surface area (Å²) in [6.07, 6.45) is 0. The first-order chi connectivity index (χ1) is 10.8. The molecule has 0 unspecified atom stereocenters. The van der Waals surface area contributed by atoms with Crippen LogP contribution in [0.4, 0.5) is 0 Å². The van der Waals surface area contributed by atoms with Gasteiger partial charge in [0.25, 0.3) is 0 Å². The number of hydrogen-bond donors (Lipinski definition) is 1. The van der Waals surface area contributed by atoms with Crippen molar-refractivity contribution in [2.45, 2.75) is 6.54 Å². The van der Waals surface area contributed by atoms with Gasteiger partial charge in [0.1, 0.15) is 0 Å². The summed E-state index contributed by atoms with van der Waals surface area (Å²) in [6, 6.07) is 14.3. The smallest absolute Gasteiger partial charge is 0.161 e. The van der Waals surface area contributed by atoms with Crippen molar-refractivity contribution in [1.29, 1.82) is 0 Å². The van der Waals surface area contributed by atoms with Gasteiger partial charge in [-0.15, -0.1) is 0 Å². The summed E-state index contributed by atoms with van der Waals surface area (Å²) in [4.78, 5) is 0. The van der Waals surface area contributed by atoms with Gasteiger partial charge in [-0.2, -0.15) is 0 Å². The van der Waals surface area contributed by atoms with Crippen molar-refractivity contribution in [2.75, 3.05) is 34.5 Å². The summed E-state index contributed by atoms with van der Waals surface area (Å²) in [5, 5.41) is 3.38. The quantitative estimate of drug-likeness (QED) is 0.761. The minimum Gasteiger partial charge on any atom is -0.493 e. The van der Waals surface area contributed by atoms with Gasteiger partial charge in [-0.1, -0.05) is 30.3 Å². The average Bonchev–Trinajstić information content (AvgIpc) is 2.58. The third kappa shape index (κ3) is 4.00. The Morgan fingerprint density at radius 2 is 1.59 bits per heavy atom. The largest absolute Gasteiger partial charge is 0.493 e. The first-order valence-electron chi connectivity index (χ1n) is 7.30. The predicted molar refractivity (Wildman–Crippen MR) is 88.6 cm³/mol. The van der Waals surface area contributed by atoms with Gasteiger partial charge in [0.15, 0.2) is 11.5 Å². The Kier molecular flexibility index (Phi) is 6.25. The molecule has 0 aliphatic rings. The number of methoxy groups -OCH3 is 3. The van der Waals surface area contributed by atoms with Crippen molar-refractivity contribution >= 4 is 0 Å². The lowest BCUT2D eigenvalue weighted by atomic mass is 9.98. The molecule has 4 heteroatoms. The van der Waals surface area contributed by atoms with Crippen LogP contribution in [0.3, 0.4) is 0 Å².